The van der Waals surface area contributed by atoms with E-state index in [0.717, 1.165) is 35.4 Å². The molecule has 1 aromatic carbocycles. The number of ether oxygens (including phenoxy) is 1. The number of hydrogen-bond donors (Lipinski definition) is 2. The maximum Gasteiger partial charge on any atom is 0.251 e. The molecule has 1 amide bonds. The number of rotatable bonds is 5. The highest BCUT2D eigenvalue weighted by atomic mass is 16.5. The second-order valence-corrected chi connectivity index (χ2v) is 6.45. The first kappa shape index (κ1) is 17.5. The topological polar surface area (TPSA) is 78.5 Å². The summed E-state index contributed by atoms with van der Waals surface area (Å²) in [5.41, 5.74) is 3.26. The molecule has 134 valence electrons. The highest BCUT2D eigenvalue weighted by molar-refractivity contribution is 5.80. The van der Waals surface area contributed by atoms with Gasteiger partial charge in [-0.05, 0) is 37.0 Å². The molecule has 0 radical (unpaired) electrons. The minimum atomic E-state index is -0.879. The van der Waals surface area contributed by atoms with Crippen LogP contribution in [0.2, 0.25) is 0 Å². The summed E-state index contributed by atoms with van der Waals surface area (Å²) in [6.07, 6.45) is 3.15. The lowest BCUT2D eigenvalue weighted by Gasteiger charge is -2.33. The van der Waals surface area contributed by atoms with Gasteiger partial charge in [0.2, 0.25) is 0 Å². The molecule has 3 rings (SSSR count). The zero-order valence-electron chi connectivity index (χ0n) is 14.7. The molecule has 0 saturated carbocycles. The molecule has 2 aromatic rings. The largest absolute Gasteiger partial charge is 0.497 e. The lowest BCUT2D eigenvalue weighted by atomic mass is 9.89. The summed E-state index contributed by atoms with van der Waals surface area (Å²) in [6.45, 7) is 3.15. The first-order valence-electron chi connectivity index (χ1n) is 8.78. The van der Waals surface area contributed by atoms with Gasteiger partial charge in [0, 0.05) is 30.3 Å². The molecule has 1 fully saturated rings. The molecule has 0 bridgehead atoms. The van der Waals surface area contributed by atoms with E-state index in [1.807, 2.05) is 37.4 Å². The van der Waals surface area contributed by atoms with Crippen LogP contribution in [0.1, 0.15) is 37.8 Å². The Balaban J connectivity index is 1.73. The van der Waals surface area contributed by atoms with Crippen LogP contribution < -0.4 is 4.74 Å². The van der Waals surface area contributed by atoms with Crippen LogP contribution in [0.15, 0.2) is 30.5 Å². The van der Waals surface area contributed by atoms with Crippen molar-refractivity contribution >= 4 is 5.91 Å². The van der Waals surface area contributed by atoms with Crippen LogP contribution in [-0.4, -0.2) is 52.4 Å². The van der Waals surface area contributed by atoms with Crippen LogP contribution in [0.25, 0.3) is 11.1 Å². The third-order valence-corrected chi connectivity index (χ3v) is 4.94. The number of aliphatic hydroxyl groups excluding tert-OH is 1. The predicted molar refractivity (Wildman–Crippen MR) is 95.4 cm³/mol. The van der Waals surface area contributed by atoms with Gasteiger partial charge in [-0.15, -0.1) is 0 Å². The van der Waals surface area contributed by atoms with Crippen LogP contribution >= 0.6 is 0 Å². The van der Waals surface area contributed by atoms with Crippen LogP contribution in [0.4, 0.5) is 0 Å². The molecule has 2 N–H and O–H groups in total. The Bertz CT molecular complexity index is 720. The molecule has 6 nitrogen and oxygen atoms in total. The summed E-state index contributed by atoms with van der Waals surface area (Å²) in [6, 6.07) is 7.95. The van der Waals surface area contributed by atoms with E-state index in [0.29, 0.717) is 25.4 Å². The number of nitrogens with zero attached hydrogens (tertiary/aromatic N) is 2. The van der Waals surface area contributed by atoms with Crippen molar-refractivity contribution < 1.29 is 14.6 Å². The molecule has 1 aromatic heterocycles. The minimum Gasteiger partial charge on any atom is -0.497 e. The summed E-state index contributed by atoms with van der Waals surface area (Å²) in [5.74, 6) is 0.990. The van der Waals surface area contributed by atoms with Crippen LogP contribution in [0, 0.1) is 0 Å². The van der Waals surface area contributed by atoms with Crippen molar-refractivity contribution in [3.8, 4) is 16.9 Å². The number of H-pyrrole nitrogens is 1. The summed E-state index contributed by atoms with van der Waals surface area (Å²) in [5, 5.41) is 17.1. The summed E-state index contributed by atoms with van der Waals surface area (Å²) in [4.78, 5) is 13.9. The summed E-state index contributed by atoms with van der Waals surface area (Å²) >= 11 is 0. The van der Waals surface area contributed by atoms with Crippen LogP contribution in [0.5, 0.6) is 5.75 Å². The van der Waals surface area contributed by atoms with Crippen molar-refractivity contribution in [2.75, 3.05) is 20.2 Å². The second kappa shape index (κ2) is 7.70. The summed E-state index contributed by atoms with van der Waals surface area (Å²) < 4.78 is 5.31. The van der Waals surface area contributed by atoms with E-state index in [2.05, 4.69) is 10.2 Å². The van der Waals surface area contributed by atoms with E-state index in [4.69, 9.17) is 4.74 Å². The predicted octanol–water partition coefficient (Wildman–Crippen LogP) is 2.56. The van der Waals surface area contributed by atoms with Gasteiger partial charge in [0.05, 0.1) is 13.3 Å². The van der Waals surface area contributed by atoms with E-state index in [1.165, 1.54) is 0 Å². The standard InChI is InChI=1S/C19H25N3O3/c1-3-17(23)19(24)22-9-7-13(8-10-22)18-16(12-20-21-18)14-5-4-6-15(11-14)25-2/h4-6,11-13,17,23H,3,7-10H2,1-2H3,(H,20,21)/t17-/m0/s1. The molecular weight excluding hydrogens is 318 g/mol. The molecular formula is C19H25N3O3. The van der Waals surface area contributed by atoms with Gasteiger partial charge in [0.25, 0.3) is 5.91 Å². The van der Waals surface area contributed by atoms with Crippen molar-refractivity contribution in [3.63, 3.8) is 0 Å². The molecule has 2 heterocycles. The molecule has 1 saturated heterocycles. The number of methoxy groups -OCH3 is 1. The highest BCUT2D eigenvalue weighted by Gasteiger charge is 2.28. The normalized spacial score (nSPS) is 16.7. The first-order valence-corrected chi connectivity index (χ1v) is 8.78. The Morgan fingerprint density at radius 1 is 1.44 bits per heavy atom. The maximum absolute atomic E-state index is 12.1. The zero-order chi connectivity index (χ0) is 17.8. The second-order valence-electron chi connectivity index (χ2n) is 6.45. The van der Waals surface area contributed by atoms with E-state index in [1.54, 1.807) is 12.0 Å². The third-order valence-electron chi connectivity index (χ3n) is 4.94. The highest BCUT2D eigenvalue weighted by Crippen LogP contribution is 2.35. The first-order chi connectivity index (χ1) is 12.1. The number of aliphatic hydroxyl groups is 1. The molecule has 1 atom stereocenters. The van der Waals surface area contributed by atoms with E-state index in [9.17, 15) is 9.90 Å². The number of likely N-dealkylation sites (tertiary alicyclic amines) is 1. The quantitative estimate of drug-likeness (QED) is 0.874. The Hall–Kier alpha value is -2.34. The number of aromatic nitrogens is 2. The van der Waals surface area contributed by atoms with Gasteiger partial charge in [-0.3, -0.25) is 9.89 Å². The molecule has 1 aliphatic heterocycles. The lowest BCUT2D eigenvalue weighted by Crippen LogP contribution is -2.43. The fraction of sp³-hybridized carbons (Fsp3) is 0.474. The monoisotopic (exact) mass is 343 g/mol. The van der Waals surface area contributed by atoms with E-state index < -0.39 is 6.10 Å². The molecule has 1 aliphatic rings. The van der Waals surface area contributed by atoms with Crippen molar-refractivity contribution in [2.45, 2.75) is 38.2 Å². The Morgan fingerprint density at radius 2 is 2.20 bits per heavy atom. The Labute approximate surface area is 147 Å². The number of carbonyl (C=O) groups excluding carboxylic acids is 1. The van der Waals surface area contributed by atoms with Gasteiger partial charge in [0.15, 0.2) is 0 Å². The smallest absolute Gasteiger partial charge is 0.251 e. The number of amides is 1. The third kappa shape index (κ3) is 3.69. The van der Waals surface area contributed by atoms with Crippen molar-refractivity contribution in [1.29, 1.82) is 0 Å². The average molecular weight is 343 g/mol. The van der Waals surface area contributed by atoms with Gasteiger partial charge in [-0.25, -0.2) is 0 Å². The van der Waals surface area contributed by atoms with Crippen molar-refractivity contribution in [1.82, 2.24) is 15.1 Å². The maximum atomic E-state index is 12.1. The van der Waals surface area contributed by atoms with E-state index >= 15 is 0 Å². The number of aromatic amines is 1. The molecule has 25 heavy (non-hydrogen) atoms. The fourth-order valence-corrected chi connectivity index (χ4v) is 3.40. The van der Waals surface area contributed by atoms with Crippen molar-refractivity contribution in [3.05, 3.63) is 36.2 Å². The van der Waals surface area contributed by atoms with Gasteiger partial charge in [0.1, 0.15) is 11.9 Å². The van der Waals surface area contributed by atoms with Gasteiger partial charge in [-0.2, -0.15) is 5.10 Å². The van der Waals surface area contributed by atoms with Crippen molar-refractivity contribution in [2.24, 2.45) is 0 Å². The van der Waals surface area contributed by atoms with Gasteiger partial charge < -0.3 is 14.7 Å². The molecule has 0 aliphatic carbocycles. The number of carbonyl (C=O) groups is 1. The number of nitrogens with one attached hydrogen (secondary N) is 1. The van der Waals surface area contributed by atoms with Crippen LogP contribution in [-0.2, 0) is 4.79 Å². The zero-order valence-corrected chi connectivity index (χ0v) is 14.7. The molecule has 6 heteroatoms. The van der Waals surface area contributed by atoms with Crippen LogP contribution in [0.3, 0.4) is 0 Å². The lowest BCUT2D eigenvalue weighted by molar-refractivity contribution is -0.141. The molecule has 0 spiro atoms. The van der Waals surface area contributed by atoms with Gasteiger partial charge >= 0.3 is 0 Å². The van der Waals surface area contributed by atoms with Gasteiger partial charge in [-0.1, -0.05) is 19.1 Å². The average Bonchev–Trinajstić information content (AvgIpc) is 3.16. The fourth-order valence-electron chi connectivity index (χ4n) is 3.40. The number of piperidine rings is 1. The SMILES string of the molecule is CC[C@H](O)C(=O)N1CCC(c2[nH]ncc2-c2cccc(OC)c2)CC1. The van der Waals surface area contributed by atoms with E-state index in [-0.39, 0.29) is 5.91 Å². The Kier molecular flexibility index (Phi) is 5.38. The Morgan fingerprint density at radius 3 is 2.88 bits per heavy atom. The number of hydrogen-bond acceptors (Lipinski definition) is 4. The summed E-state index contributed by atoms with van der Waals surface area (Å²) in [7, 11) is 1.66. The molecule has 0 unspecified atom stereocenters. The number of benzene rings is 1. The minimum absolute atomic E-state index is 0.154.